The van der Waals surface area contributed by atoms with Gasteiger partial charge in [0.2, 0.25) is 15.9 Å². The number of pyridine rings is 1. The summed E-state index contributed by atoms with van der Waals surface area (Å²) in [6.07, 6.45) is 4.12. The first kappa shape index (κ1) is 14.3. The lowest BCUT2D eigenvalue weighted by Gasteiger charge is -2.21. The Morgan fingerprint density at radius 2 is 2.11 bits per heavy atom. The van der Waals surface area contributed by atoms with Gasteiger partial charge in [-0.3, -0.25) is 0 Å². The Hall–Kier alpha value is -1.14. The zero-order valence-corrected chi connectivity index (χ0v) is 12.2. The quantitative estimate of drug-likeness (QED) is 0.769. The normalized spacial score (nSPS) is 15.7. The van der Waals surface area contributed by atoms with Gasteiger partial charge >= 0.3 is 0 Å². The minimum absolute atomic E-state index is 0.177. The van der Waals surface area contributed by atoms with Crippen molar-refractivity contribution in [3.05, 3.63) is 18.3 Å². The summed E-state index contributed by atoms with van der Waals surface area (Å²) >= 11 is 0. The average Bonchev–Trinajstić information content (AvgIpc) is 3.21. The Bertz CT molecular complexity index is 509. The number of hydrogen-bond donors (Lipinski definition) is 0. The first-order valence-corrected chi connectivity index (χ1v) is 8.14. The first-order chi connectivity index (χ1) is 9.09. The van der Waals surface area contributed by atoms with Gasteiger partial charge in [-0.25, -0.2) is 13.4 Å². The zero-order chi connectivity index (χ0) is 13.9. The van der Waals surface area contributed by atoms with Crippen LogP contribution in [0.25, 0.3) is 0 Å². The highest BCUT2D eigenvalue weighted by atomic mass is 32.2. The first-order valence-electron chi connectivity index (χ1n) is 6.70. The van der Waals surface area contributed by atoms with E-state index in [1.54, 1.807) is 16.4 Å². The van der Waals surface area contributed by atoms with Gasteiger partial charge in [-0.15, -0.1) is 0 Å². The van der Waals surface area contributed by atoms with Crippen LogP contribution in [0.3, 0.4) is 0 Å². The van der Waals surface area contributed by atoms with Gasteiger partial charge in [0, 0.05) is 18.7 Å². The maximum atomic E-state index is 12.5. The largest absolute Gasteiger partial charge is 0.478 e. The van der Waals surface area contributed by atoms with Crippen molar-refractivity contribution >= 4 is 10.0 Å². The lowest BCUT2D eigenvalue weighted by molar-refractivity contribution is 0.326. The van der Waals surface area contributed by atoms with Gasteiger partial charge < -0.3 is 4.74 Å². The number of nitrogens with zero attached hydrogens (tertiary/aromatic N) is 2. The van der Waals surface area contributed by atoms with Crippen LogP contribution in [-0.4, -0.2) is 36.9 Å². The van der Waals surface area contributed by atoms with E-state index in [0.29, 0.717) is 19.0 Å². The standard InChI is InChI=1S/C13H20N2O3S/c1-3-9-15(11-5-6-11)19(16,17)12-7-8-13(14-10-12)18-4-2/h7-8,10-11H,3-6,9H2,1-2H3. The molecule has 5 nitrogen and oxygen atoms in total. The van der Waals surface area contributed by atoms with E-state index in [2.05, 4.69) is 4.98 Å². The average molecular weight is 284 g/mol. The van der Waals surface area contributed by atoms with E-state index in [9.17, 15) is 8.42 Å². The molecule has 6 heteroatoms. The molecule has 0 unspecified atom stereocenters. The minimum atomic E-state index is -3.42. The third-order valence-corrected chi connectivity index (χ3v) is 4.94. The van der Waals surface area contributed by atoms with Crippen LogP contribution in [-0.2, 0) is 10.0 Å². The van der Waals surface area contributed by atoms with Crippen molar-refractivity contribution in [1.82, 2.24) is 9.29 Å². The second-order valence-electron chi connectivity index (χ2n) is 4.61. The molecule has 0 radical (unpaired) electrons. The Morgan fingerprint density at radius 3 is 2.58 bits per heavy atom. The second kappa shape index (κ2) is 5.88. The minimum Gasteiger partial charge on any atom is -0.478 e. The fourth-order valence-electron chi connectivity index (χ4n) is 1.97. The SMILES string of the molecule is CCCN(C1CC1)S(=O)(=O)c1ccc(OCC)nc1. The Kier molecular flexibility index (Phi) is 4.42. The molecule has 0 amide bonds. The molecule has 1 aromatic rings. The molecule has 1 aliphatic rings. The van der Waals surface area contributed by atoms with E-state index in [1.165, 1.54) is 6.20 Å². The van der Waals surface area contributed by atoms with Crippen LogP contribution in [0.5, 0.6) is 5.88 Å². The number of sulfonamides is 1. The maximum absolute atomic E-state index is 12.5. The third-order valence-electron chi connectivity index (χ3n) is 3.01. The summed E-state index contributed by atoms with van der Waals surface area (Å²) in [6, 6.07) is 3.35. The summed E-state index contributed by atoms with van der Waals surface area (Å²) in [7, 11) is -3.42. The molecule has 1 fully saturated rings. The summed E-state index contributed by atoms with van der Waals surface area (Å²) in [5.74, 6) is 0.454. The van der Waals surface area contributed by atoms with Crippen molar-refractivity contribution in [3.63, 3.8) is 0 Å². The Labute approximate surface area is 114 Å². The molecule has 19 heavy (non-hydrogen) atoms. The molecule has 1 heterocycles. The lowest BCUT2D eigenvalue weighted by atomic mass is 10.5. The third kappa shape index (κ3) is 3.25. The van der Waals surface area contributed by atoms with Gasteiger partial charge in [-0.1, -0.05) is 6.92 Å². The van der Waals surface area contributed by atoms with E-state index in [4.69, 9.17) is 4.74 Å². The Morgan fingerprint density at radius 1 is 1.37 bits per heavy atom. The van der Waals surface area contributed by atoms with Gasteiger partial charge in [0.25, 0.3) is 0 Å². The van der Waals surface area contributed by atoms with Crippen LogP contribution >= 0.6 is 0 Å². The number of rotatable bonds is 7. The fraction of sp³-hybridized carbons (Fsp3) is 0.615. The van der Waals surface area contributed by atoms with Crippen molar-refractivity contribution in [3.8, 4) is 5.88 Å². The van der Waals surface area contributed by atoms with Crippen LogP contribution in [0.4, 0.5) is 0 Å². The van der Waals surface area contributed by atoms with E-state index in [0.717, 1.165) is 19.3 Å². The van der Waals surface area contributed by atoms with Crippen LogP contribution in [0.15, 0.2) is 23.2 Å². The summed E-state index contributed by atoms with van der Waals surface area (Å²) in [6.45, 7) is 4.94. The highest BCUT2D eigenvalue weighted by molar-refractivity contribution is 7.89. The molecule has 0 N–H and O–H groups in total. The van der Waals surface area contributed by atoms with Crippen molar-refractivity contribution in [1.29, 1.82) is 0 Å². The van der Waals surface area contributed by atoms with E-state index < -0.39 is 10.0 Å². The summed E-state index contributed by atoms with van der Waals surface area (Å²) in [4.78, 5) is 4.28. The molecule has 1 saturated carbocycles. The van der Waals surface area contributed by atoms with Crippen molar-refractivity contribution < 1.29 is 13.2 Å². The molecule has 1 aliphatic carbocycles. The van der Waals surface area contributed by atoms with Gasteiger partial charge in [-0.05, 0) is 32.3 Å². The highest BCUT2D eigenvalue weighted by Gasteiger charge is 2.37. The number of aromatic nitrogens is 1. The number of ether oxygens (including phenoxy) is 1. The van der Waals surface area contributed by atoms with Gasteiger partial charge in [-0.2, -0.15) is 4.31 Å². The van der Waals surface area contributed by atoms with Crippen molar-refractivity contribution in [2.75, 3.05) is 13.2 Å². The predicted molar refractivity (Wildman–Crippen MR) is 72.6 cm³/mol. The second-order valence-corrected chi connectivity index (χ2v) is 6.50. The smallest absolute Gasteiger partial charge is 0.244 e. The zero-order valence-electron chi connectivity index (χ0n) is 11.4. The molecule has 1 aromatic heterocycles. The van der Waals surface area contributed by atoms with Crippen LogP contribution < -0.4 is 4.74 Å². The molecule has 2 rings (SSSR count). The molecule has 0 aromatic carbocycles. The molecular weight excluding hydrogens is 264 g/mol. The van der Waals surface area contributed by atoms with Crippen molar-refractivity contribution in [2.45, 2.75) is 44.0 Å². The molecular formula is C13H20N2O3S. The maximum Gasteiger partial charge on any atom is 0.244 e. The monoisotopic (exact) mass is 284 g/mol. The van der Waals surface area contributed by atoms with Gasteiger partial charge in [0.15, 0.2) is 0 Å². The number of hydrogen-bond acceptors (Lipinski definition) is 4. The van der Waals surface area contributed by atoms with Gasteiger partial charge in [0.1, 0.15) is 4.90 Å². The van der Waals surface area contributed by atoms with Crippen LogP contribution in [0.2, 0.25) is 0 Å². The topological polar surface area (TPSA) is 59.5 Å². The summed E-state index contributed by atoms with van der Waals surface area (Å²) in [5.41, 5.74) is 0. The molecule has 0 atom stereocenters. The summed E-state index contributed by atoms with van der Waals surface area (Å²) < 4.78 is 31.9. The van der Waals surface area contributed by atoms with E-state index in [-0.39, 0.29) is 10.9 Å². The van der Waals surface area contributed by atoms with Crippen molar-refractivity contribution in [2.24, 2.45) is 0 Å². The molecule has 0 saturated heterocycles. The molecule has 0 spiro atoms. The lowest BCUT2D eigenvalue weighted by Crippen LogP contribution is -2.33. The Balaban J connectivity index is 2.22. The van der Waals surface area contributed by atoms with Gasteiger partial charge in [0.05, 0.1) is 12.8 Å². The molecule has 0 aliphatic heterocycles. The summed E-state index contributed by atoms with van der Waals surface area (Å²) in [5, 5.41) is 0. The highest BCUT2D eigenvalue weighted by Crippen LogP contribution is 2.32. The predicted octanol–water partition coefficient (Wildman–Crippen LogP) is 2.04. The van der Waals surface area contributed by atoms with Crippen LogP contribution in [0, 0.1) is 0 Å². The van der Waals surface area contributed by atoms with E-state index >= 15 is 0 Å². The van der Waals surface area contributed by atoms with E-state index in [1.807, 2.05) is 13.8 Å². The van der Waals surface area contributed by atoms with Crippen LogP contribution in [0.1, 0.15) is 33.1 Å². The molecule has 0 bridgehead atoms. The molecule has 106 valence electrons. The fourth-order valence-corrected chi connectivity index (χ4v) is 3.69.